The van der Waals surface area contributed by atoms with Gasteiger partial charge in [-0.05, 0) is 26.7 Å². The first kappa shape index (κ1) is 16.1. The second-order valence-corrected chi connectivity index (χ2v) is 5.91. The summed E-state index contributed by atoms with van der Waals surface area (Å²) in [7, 11) is 0. The van der Waals surface area contributed by atoms with Crippen LogP contribution in [0.5, 0.6) is 11.5 Å². The van der Waals surface area contributed by atoms with Crippen molar-refractivity contribution in [3.05, 3.63) is 45.3 Å². The molecule has 0 saturated heterocycles. The maximum absolute atomic E-state index is 12.3. The van der Waals surface area contributed by atoms with Crippen molar-refractivity contribution in [2.45, 2.75) is 46.5 Å². The lowest BCUT2D eigenvalue weighted by atomic mass is 10.0. The van der Waals surface area contributed by atoms with E-state index >= 15 is 0 Å². The number of hydrogen-bond donors (Lipinski definition) is 2. The molecule has 2 rings (SSSR count). The Bertz CT molecular complexity index is 780. The Hall–Kier alpha value is -2.23. The van der Waals surface area contributed by atoms with Gasteiger partial charge in [0.05, 0.1) is 0 Å². The predicted molar refractivity (Wildman–Crippen MR) is 87.7 cm³/mol. The average molecular weight is 302 g/mol. The van der Waals surface area contributed by atoms with Crippen molar-refractivity contribution in [2.24, 2.45) is 0 Å². The molecular formula is C18H22O4. The van der Waals surface area contributed by atoms with Gasteiger partial charge in [0.2, 0.25) is 0 Å². The van der Waals surface area contributed by atoms with E-state index in [1.165, 1.54) is 12.1 Å². The number of fused-ring (bicyclic) bond motifs is 1. The summed E-state index contributed by atoms with van der Waals surface area (Å²) in [6.07, 6.45) is 3.22. The third kappa shape index (κ3) is 3.01. The lowest BCUT2D eigenvalue weighted by Crippen LogP contribution is -2.06. The van der Waals surface area contributed by atoms with Crippen LogP contribution in [0.2, 0.25) is 0 Å². The van der Waals surface area contributed by atoms with Crippen LogP contribution in [0.3, 0.4) is 0 Å². The van der Waals surface area contributed by atoms with Gasteiger partial charge in [0.25, 0.3) is 0 Å². The Kier molecular flexibility index (Phi) is 4.59. The summed E-state index contributed by atoms with van der Waals surface area (Å²) in [5, 5.41) is 20.2. The van der Waals surface area contributed by atoms with Gasteiger partial charge in [0, 0.05) is 23.6 Å². The Morgan fingerprint density at radius 3 is 2.55 bits per heavy atom. The van der Waals surface area contributed by atoms with Crippen LogP contribution in [0.25, 0.3) is 11.0 Å². The highest BCUT2D eigenvalue weighted by atomic mass is 16.3. The van der Waals surface area contributed by atoms with Gasteiger partial charge in [-0.1, -0.05) is 25.5 Å². The van der Waals surface area contributed by atoms with Crippen LogP contribution in [0.1, 0.15) is 51.4 Å². The van der Waals surface area contributed by atoms with Gasteiger partial charge in [-0.2, -0.15) is 0 Å². The van der Waals surface area contributed by atoms with Crippen LogP contribution in [0, 0.1) is 0 Å². The molecule has 1 aromatic heterocycles. The molecule has 22 heavy (non-hydrogen) atoms. The molecule has 0 aliphatic carbocycles. The molecule has 4 heteroatoms. The van der Waals surface area contributed by atoms with Crippen LogP contribution >= 0.6 is 0 Å². The summed E-state index contributed by atoms with van der Waals surface area (Å²) in [5.41, 5.74) is 1.61. The third-order valence-corrected chi connectivity index (χ3v) is 3.89. The SMILES string of the molecule is CCC(C)c1cc(=O)c2c(O)cc(O)c(CC=C(C)C)c2o1. The molecule has 1 unspecified atom stereocenters. The highest BCUT2D eigenvalue weighted by molar-refractivity contribution is 5.88. The summed E-state index contributed by atoms with van der Waals surface area (Å²) in [5.74, 6) is 0.353. The molecule has 0 aliphatic heterocycles. The van der Waals surface area contributed by atoms with Crippen molar-refractivity contribution in [3.63, 3.8) is 0 Å². The number of benzene rings is 1. The summed E-state index contributed by atoms with van der Waals surface area (Å²) in [6.45, 7) is 7.90. The molecule has 1 atom stereocenters. The van der Waals surface area contributed by atoms with Gasteiger partial charge in [0.1, 0.15) is 28.2 Å². The summed E-state index contributed by atoms with van der Waals surface area (Å²) >= 11 is 0. The highest BCUT2D eigenvalue weighted by Gasteiger charge is 2.18. The van der Waals surface area contributed by atoms with Crippen molar-refractivity contribution < 1.29 is 14.6 Å². The molecule has 2 N–H and O–H groups in total. The number of hydrogen-bond acceptors (Lipinski definition) is 4. The molecule has 4 nitrogen and oxygen atoms in total. The number of rotatable bonds is 4. The van der Waals surface area contributed by atoms with Gasteiger partial charge >= 0.3 is 0 Å². The summed E-state index contributed by atoms with van der Waals surface area (Å²) in [4.78, 5) is 12.3. The van der Waals surface area contributed by atoms with Gasteiger partial charge in [-0.25, -0.2) is 0 Å². The second kappa shape index (κ2) is 6.26. The Balaban J connectivity index is 2.80. The molecule has 1 heterocycles. The summed E-state index contributed by atoms with van der Waals surface area (Å²) < 4.78 is 5.87. The van der Waals surface area contributed by atoms with Gasteiger partial charge in [0.15, 0.2) is 5.43 Å². The van der Waals surface area contributed by atoms with E-state index in [4.69, 9.17) is 4.42 Å². The topological polar surface area (TPSA) is 70.7 Å². The fourth-order valence-corrected chi connectivity index (χ4v) is 2.32. The molecule has 118 valence electrons. The van der Waals surface area contributed by atoms with E-state index < -0.39 is 0 Å². The largest absolute Gasteiger partial charge is 0.507 e. The molecule has 0 saturated carbocycles. The zero-order valence-electron chi connectivity index (χ0n) is 13.4. The van der Waals surface area contributed by atoms with E-state index in [1.807, 2.05) is 33.8 Å². The van der Waals surface area contributed by atoms with E-state index in [9.17, 15) is 15.0 Å². The smallest absolute Gasteiger partial charge is 0.196 e. The normalized spacial score (nSPS) is 12.4. The molecule has 0 aliphatic rings. The van der Waals surface area contributed by atoms with E-state index in [1.54, 1.807) is 0 Å². The first-order valence-corrected chi connectivity index (χ1v) is 7.50. The minimum atomic E-state index is -0.285. The van der Waals surface area contributed by atoms with Crippen molar-refractivity contribution in [1.82, 2.24) is 0 Å². The maximum atomic E-state index is 12.3. The fourth-order valence-electron chi connectivity index (χ4n) is 2.32. The fraction of sp³-hybridized carbons (Fsp3) is 0.389. The van der Waals surface area contributed by atoms with Crippen molar-refractivity contribution >= 4 is 11.0 Å². The van der Waals surface area contributed by atoms with Crippen LogP contribution in [0.15, 0.2) is 33.0 Å². The third-order valence-electron chi connectivity index (χ3n) is 3.89. The lowest BCUT2D eigenvalue weighted by molar-refractivity contribution is 0.442. The van der Waals surface area contributed by atoms with Gasteiger partial charge in [-0.15, -0.1) is 0 Å². The minimum Gasteiger partial charge on any atom is -0.507 e. The Labute approximate surface area is 129 Å². The molecular weight excluding hydrogens is 280 g/mol. The van der Waals surface area contributed by atoms with E-state index in [-0.39, 0.29) is 33.8 Å². The molecule has 0 radical (unpaired) electrons. The molecule has 0 fully saturated rings. The Morgan fingerprint density at radius 2 is 1.95 bits per heavy atom. The zero-order valence-corrected chi connectivity index (χ0v) is 13.4. The summed E-state index contributed by atoms with van der Waals surface area (Å²) in [6, 6.07) is 2.63. The number of aromatic hydroxyl groups is 2. The van der Waals surface area contributed by atoms with Crippen LogP contribution in [-0.4, -0.2) is 10.2 Å². The van der Waals surface area contributed by atoms with Crippen LogP contribution < -0.4 is 5.43 Å². The van der Waals surface area contributed by atoms with Crippen molar-refractivity contribution in [1.29, 1.82) is 0 Å². The Morgan fingerprint density at radius 1 is 1.27 bits per heavy atom. The van der Waals surface area contributed by atoms with E-state index in [2.05, 4.69) is 0 Å². The van der Waals surface area contributed by atoms with Crippen LogP contribution in [-0.2, 0) is 6.42 Å². The maximum Gasteiger partial charge on any atom is 0.196 e. The predicted octanol–water partition coefficient (Wildman–Crippen LogP) is 4.23. The molecule has 1 aromatic carbocycles. The highest BCUT2D eigenvalue weighted by Crippen LogP contribution is 2.35. The first-order valence-electron chi connectivity index (χ1n) is 7.50. The molecule has 0 spiro atoms. The average Bonchev–Trinajstić information content (AvgIpc) is 2.44. The molecule has 0 bridgehead atoms. The van der Waals surface area contributed by atoms with E-state index in [0.29, 0.717) is 17.7 Å². The zero-order chi connectivity index (χ0) is 16.4. The minimum absolute atomic E-state index is 0.0630. The first-order chi connectivity index (χ1) is 10.3. The van der Waals surface area contributed by atoms with E-state index in [0.717, 1.165) is 12.0 Å². The molecule has 2 aromatic rings. The second-order valence-electron chi connectivity index (χ2n) is 5.91. The molecule has 0 amide bonds. The van der Waals surface area contributed by atoms with Gasteiger partial charge in [-0.3, -0.25) is 4.79 Å². The number of allylic oxidation sites excluding steroid dienone is 2. The number of phenolic OH excluding ortho intramolecular Hbond substituents is 2. The lowest BCUT2D eigenvalue weighted by Gasteiger charge is -2.12. The quantitative estimate of drug-likeness (QED) is 0.829. The van der Waals surface area contributed by atoms with Crippen molar-refractivity contribution in [2.75, 3.05) is 0 Å². The van der Waals surface area contributed by atoms with Gasteiger partial charge < -0.3 is 14.6 Å². The van der Waals surface area contributed by atoms with Crippen LogP contribution in [0.4, 0.5) is 0 Å². The number of phenols is 2. The van der Waals surface area contributed by atoms with Crippen molar-refractivity contribution in [3.8, 4) is 11.5 Å². The monoisotopic (exact) mass is 302 g/mol. The standard InChI is InChI=1S/C18H22O4/c1-5-11(4)16-9-15(21)17-14(20)8-13(19)12(18(17)22-16)7-6-10(2)3/h6,8-9,11,19-20H,5,7H2,1-4H3.